The van der Waals surface area contributed by atoms with E-state index in [2.05, 4.69) is 0 Å². The lowest BCUT2D eigenvalue weighted by molar-refractivity contribution is -0.290. The van der Waals surface area contributed by atoms with Gasteiger partial charge in [-0.25, -0.2) is 5.43 Å². The van der Waals surface area contributed by atoms with Crippen molar-refractivity contribution < 1.29 is 31.1 Å². The third kappa shape index (κ3) is 3.25. The van der Waals surface area contributed by atoms with Gasteiger partial charge < -0.3 is 4.74 Å². The summed E-state index contributed by atoms with van der Waals surface area (Å²) in [4.78, 5) is 0. The average molecular weight is 264 g/mol. The van der Waals surface area contributed by atoms with E-state index in [1.807, 2.05) is 0 Å². The van der Waals surface area contributed by atoms with Crippen LogP contribution >= 0.6 is 0 Å². The Morgan fingerprint density at radius 2 is 1.71 bits per heavy atom. The molecule has 3 nitrogen and oxygen atoms in total. The second kappa shape index (κ2) is 4.73. The molecular formula is C8H10F6N2O. The molecule has 9 heteroatoms. The Hall–Kier alpha value is -0.960. The Bertz CT molecular complexity index is 283. The maximum absolute atomic E-state index is 12.4. The molecule has 1 rings (SSSR count). The number of alkyl halides is 6. The van der Waals surface area contributed by atoms with Crippen molar-refractivity contribution in [3.63, 3.8) is 0 Å². The first-order valence-corrected chi connectivity index (χ1v) is 4.60. The van der Waals surface area contributed by atoms with E-state index in [1.165, 1.54) is 5.43 Å². The number of nitrogens with two attached hydrogens (primary N) is 1. The molecule has 0 aromatic heterocycles. The zero-order chi connectivity index (χ0) is 13.3. The third-order valence-corrected chi connectivity index (χ3v) is 2.26. The lowest BCUT2D eigenvalue weighted by Crippen LogP contribution is -2.54. The van der Waals surface area contributed by atoms with Gasteiger partial charge in [0, 0.05) is 6.42 Å². The minimum absolute atomic E-state index is 0.0515. The Labute approximate surface area is 92.6 Å². The van der Waals surface area contributed by atoms with E-state index >= 15 is 0 Å². The van der Waals surface area contributed by atoms with Crippen molar-refractivity contribution in [2.24, 2.45) is 11.8 Å². The van der Waals surface area contributed by atoms with Crippen LogP contribution in [-0.2, 0) is 4.74 Å². The highest BCUT2D eigenvalue weighted by Crippen LogP contribution is 2.43. The van der Waals surface area contributed by atoms with E-state index in [9.17, 15) is 26.3 Å². The first-order valence-electron chi connectivity index (χ1n) is 4.60. The summed E-state index contributed by atoms with van der Waals surface area (Å²) in [7, 11) is 0. The first kappa shape index (κ1) is 14.1. The fourth-order valence-corrected chi connectivity index (χ4v) is 1.56. The minimum Gasteiger partial charge on any atom is -0.496 e. The molecule has 0 aromatic rings. The largest absolute Gasteiger partial charge is 0.496 e. The summed E-state index contributed by atoms with van der Waals surface area (Å²) in [6.45, 7) is 0.0515. The van der Waals surface area contributed by atoms with E-state index in [4.69, 9.17) is 10.6 Å². The zero-order valence-electron chi connectivity index (χ0n) is 8.40. The highest BCUT2D eigenvalue weighted by molar-refractivity contribution is 5.11. The molecule has 1 unspecified atom stereocenters. The van der Waals surface area contributed by atoms with Gasteiger partial charge in [0.05, 0.1) is 12.6 Å². The van der Waals surface area contributed by atoms with Crippen LogP contribution in [0, 0.1) is 5.92 Å². The second-order valence-corrected chi connectivity index (χ2v) is 3.45. The van der Waals surface area contributed by atoms with Crippen molar-refractivity contribution in [2.75, 3.05) is 6.61 Å². The molecule has 0 fully saturated rings. The monoisotopic (exact) mass is 264 g/mol. The van der Waals surface area contributed by atoms with Crippen LogP contribution in [0.2, 0.25) is 0 Å². The molecule has 3 N–H and O–H groups in total. The quantitative estimate of drug-likeness (QED) is 0.464. The van der Waals surface area contributed by atoms with Gasteiger partial charge in [-0.3, -0.25) is 5.84 Å². The molecule has 0 saturated carbocycles. The highest BCUT2D eigenvalue weighted by Gasteiger charge is 2.61. The number of halogens is 6. The second-order valence-electron chi connectivity index (χ2n) is 3.45. The van der Waals surface area contributed by atoms with Crippen molar-refractivity contribution in [2.45, 2.75) is 24.8 Å². The molecule has 1 atom stereocenters. The van der Waals surface area contributed by atoms with Gasteiger partial charge in [-0.05, 0) is 6.08 Å². The normalized spacial score (nSPS) is 19.2. The van der Waals surface area contributed by atoms with Crippen LogP contribution < -0.4 is 11.3 Å². The smallest absolute Gasteiger partial charge is 0.402 e. The third-order valence-electron chi connectivity index (χ3n) is 2.26. The summed E-state index contributed by atoms with van der Waals surface area (Å²) in [5.74, 6) is 0.759. The van der Waals surface area contributed by atoms with Gasteiger partial charge in [-0.1, -0.05) is 0 Å². The molecule has 0 saturated heterocycles. The summed E-state index contributed by atoms with van der Waals surface area (Å²) in [6, 6.07) is -2.16. The van der Waals surface area contributed by atoms with Gasteiger partial charge in [0.15, 0.2) is 5.92 Å². The number of hydrogen-bond acceptors (Lipinski definition) is 3. The summed E-state index contributed by atoms with van der Waals surface area (Å²) >= 11 is 0. The molecule has 100 valence electrons. The fraction of sp³-hybridized carbons (Fsp3) is 0.750. The molecule has 0 amide bonds. The van der Waals surface area contributed by atoms with Crippen molar-refractivity contribution in [3.8, 4) is 0 Å². The molecule has 1 aliphatic rings. The molecule has 1 heterocycles. The van der Waals surface area contributed by atoms with E-state index in [-0.39, 0.29) is 13.0 Å². The number of hydrogen-bond donors (Lipinski definition) is 2. The van der Waals surface area contributed by atoms with Crippen LogP contribution in [0.1, 0.15) is 6.42 Å². The van der Waals surface area contributed by atoms with E-state index in [0.717, 1.165) is 6.08 Å². The maximum Gasteiger partial charge on any atom is 0.402 e. The van der Waals surface area contributed by atoms with Crippen LogP contribution in [0.5, 0.6) is 0 Å². The van der Waals surface area contributed by atoms with Crippen molar-refractivity contribution in [1.82, 2.24) is 5.43 Å². The van der Waals surface area contributed by atoms with Crippen LogP contribution in [0.4, 0.5) is 26.3 Å². The summed E-state index contributed by atoms with van der Waals surface area (Å²) in [5, 5.41) is 0. The fourth-order valence-electron chi connectivity index (χ4n) is 1.56. The van der Waals surface area contributed by atoms with Gasteiger partial charge in [0.25, 0.3) is 0 Å². The van der Waals surface area contributed by atoms with Crippen molar-refractivity contribution >= 4 is 0 Å². The Morgan fingerprint density at radius 1 is 1.18 bits per heavy atom. The van der Waals surface area contributed by atoms with Gasteiger partial charge >= 0.3 is 12.4 Å². The highest BCUT2D eigenvalue weighted by atomic mass is 19.4. The average Bonchev–Trinajstić information content (AvgIpc) is 2.61. The van der Waals surface area contributed by atoms with E-state index in [1.54, 1.807) is 0 Å². The molecule has 1 aliphatic heterocycles. The van der Waals surface area contributed by atoms with Crippen LogP contribution in [0.25, 0.3) is 0 Å². The molecule has 0 bridgehead atoms. The SMILES string of the molecule is NNC(C1=CCCO1)C(C(F)(F)F)C(F)(F)F. The van der Waals surface area contributed by atoms with E-state index < -0.39 is 30.1 Å². The maximum atomic E-state index is 12.4. The lowest BCUT2D eigenvalue weighted by atomic mass is 9.97. The van der Waals surface area contributed by atoms with E-state index in [0.29, 0.717) is 0 Å². The van der Waals surface area contributed by atoms with Gasteiger partial charge in [-0.2, -0.15) is 26.3 Å². The molecule has 17 heavy (non-hydrogen) atoms. The molecular weight excluding hydrogens is 254 g/mol. The lowest BCUT2D eigenvalue weighted by Gasteiger charge is -2.30. The Balaban J connectivity index is 3.03. The predicted molar refractivity (Wildman–Crippen MR) is 45.4 cm³/mol. The Morgan fingerprint density at radius 3 is 2.00 bits per heavy atom. The first-order chi connectivity index (χ1) is 7.68. The van der Waals surface area contributed by atoms with Crippen LogP contribution in [0.15, 0.2) is 11.8 Å². The number of nitrogens with one attached hydrogen (secondary N) is 1. The number of ether oxygens (including phenoxy) is 1. The van der Waals surface area contributed by atoms with Gasteiger partial charge in [0.2, 0.25) is 0 Å². The molecule has 0 radical (unpaired) electrons. The van der Waals surface area contributed by atoms with Gasteiger partial charge in [0.1, 0.15) is 5.76 Å². The van der Waals surface area contributed by atoms with Crippen LogP contribution in [0.3, 0.4) is 0 Å². The minimum atomic E-state index is -5.46. The molecule has 0 spiro atoms. The van der Waals surface area contributed by atoms with Gasteiger partial charge in [-0.15, -0.1) is 0 Å². The number of rotatable bonds is 3. The summed E-state index contributed by atoms with van der Waals surface area (Å²) in [5.41, 5.74) is 1.52. The summed E-state index contributed by atoms with van der Waals surface area (Å²) in [6.07, 6.45) is -9.49. The van der Waals surface area contributed by atoms with Crippen molar-refractivity contribution in [1.29, 1.82) is 0 Å². The molecule has 0 aromatic carbocycles. The standard InChI is InChI=1S/C8H10F6N2O/c9-7(10,11)6(8(12,13)14)5(16-15)4-2-1-3-17-4/h2,5-6,16H,1,3,15H2. The number of hydrazine groups is 1. The molecule has 0 aliphatic carbocycles. The van der Waals surface area contributed by atoms with Crippen LogP contribution in [-0.4, -0.2) is 25.0 Å². The van der Waals surface area contributed by atoms with Crippen molar-refractivity contribution in [3.05, 3.63) is 11.8 Å². The zero-order valence-corrected chi connectivity index (χ0v) is 8.40. The predicted octanol–water partition coefficient (Wildman–Crippen LogP) is 1.86. The summed E-state index contributed by atoms with van der Waals surface area (Å²) < 4.78 is 79.1. The topological polar surface area (TPSA) is 47.3 Å². The Kier molecular flexibility index (Phi) is 3.92.